The number of hydrogen-bond donors (Lipinski definition) is 1. The smallest absolute Gasteiger partial charge is 0.122 e. The second-order valence-corrected chi connectivity index (χ2v) is 5.56. The van der Waals surface area contributed by atoms with Crippen molar-refractivity contribution in [3.63, 3.8) is 0 Å². The number of hydrogen-bond acceptors (Lipinski definition) is 3. The number of methoxy groups -OCH3 is 2. The molecule has 0 bridgehead atoms. The van der Waals surface area contributed by atoms with Gasteiger partial charge in [0.25, 0.3) is 0 Å². The lowest BCUT2D eigenvalue weighted by atomic mass is 10.1. The summed E-state index contributed by atoms with van der Waals surface area (Å²) >= 11 is 0. The van der Waals surface area contributed by atoms with Gasteiger partial charge in [-0.05, 0) is 60.2 Å². The average Bonchev–Trinajstić information content (AvgIpc) is 2.61. The lowest BCUT2D eigenvalue weighted by Gasteiger charge is -2.12. The van der Waals surface area contributed by atoms with Gasteiger partial charge in [0.15, 0.2) is 0 Å². The number of anilines is 1. The van der Waals surface area contributed by atoms with Gasteiger partial charge in [0.05, 0.1) is 14.2 Å². The van der Waals surface area contributed by atoms with Crippen LogP contribution in [-0.4, -0.2) is 20.8 Å². The quantitative estimate of drug-likeness (QED) is 0.779. The third-order valence-electron chi connectivity index (χ3n) is 4.13. The van der Waals surface area contributed by atoms with Crippen LogP contribution >= 0.6 is 0 Å². The van der Waals surface area contributed by atoms with Gasteiger partial charge in [-0.1, -0.05) is 26.0 Å². The third-order valence-corrected chi connectivity index (χ3v) is 4.13. The number of benzene rings is 2. The van der Waals surface area contributed by atoms with E-state index in [-0.39, 0.29) is 0 Å². The van der Waals surface area contributed by atoms with Crippen molar-refractivity contribution in [1.82, 2.24) is 0 Å². The van der Waals surface area contributed by atoms with Crippen molar-refractivity contribution in [3.05, 3.63) is 53.1 Å². The van der Waals surface area contributed by atoms with Crippen LogP contribution in [0.5, 0.6) is 11.5 Å². The van der Waals surface area contributed by atoms with E-state index in [0.29, 0.717) is 0 Å². The molecule has 0 aliphatic carbocycles. The maximum Gasteiger partial charge on any atom is 0.122 e. The normalized spacial score (nSPS) is 10.4. The van der Waals surface area contributed by atoms with Crippen molar-refractivity contribution in [2.24, 2.45) is 0 Å². The fourth-order valence-corrected chi connectivity index (χ4v) is 2.78. The average molecular weight is 313 g/mol. The van der Waals surface area contributed by atoms with Gasteiger partial charge in [-0.15, -0.1) is 0 Å². The zero-order valence-corrected chi connectivity index (χ0v) is 14.6. The van der Waals surface area contributed by atoms with Crippen LogP contribution in [0.1, 0.15) is 30.5 Å². The summed E-state index contributed by atoms with van der Waals surface area (Å²) in [7, 11) is 3.45. The molecule has 0 aliphatic heterocycles. The van der Waals surface area contributed by atoms with Crippen LogP contribution in [0.2, 0.25) is 0 Å². The molecule has 3 heteroatoms. The van der Waals surface area contributed by atoms with E-state index in [1.54, 1.807) is 14.2 Å². The van der Waals surface area contributed by atoms with Gasteiger partial charge < -0.3 is 14.8 Å². The predicted octanol–water partition coefficient (Wildman–Crippen LogP) is 4.48. The van der Waals surface area contributed by atoms with E-state index in [2.05, 4.69) is 49.5 Å². The number of rotatable bonds is 8. The van der Waals surface area contributed by atoms with E-state index < -0.39 is 0 Å². The molecular formula is C20H27NO2. The van der Waals surface area contributed by atoms with Gasteiger partial charge in [0.1, 0.15) is 11.5 Å². The molecule has 2 rings (SSSR count). The minimum Gasteiger partial charge on any atom is -0.496 e. The van der Waals surface area contributed by atoms with Crippen molar-refractivity contribution < 1.29 is 9.47 Å². The van der Waals surface area contributed by atoms with E-state index in [1.807, 2.05) is 6.07 Å². The predicted molar refractivity (Wildman–Crippen MR) is 96.9 cm³/mol. The highest BCUT2D eigenvalue weighted by atomic mass is 16.5. The molecule has 0 unspecified atom stereocenters. The summed E-state index contributed by atoms with van der Waals surface area (Å²) in [5.74, 6) is 1.94. The Labute approximate surface area is 139 Å². The van der Waals surface area contributed by atoms with Gasteiger partial charge in [-0.25, -0.2) is 0 Å². The molecule has 0 fully saturated rings. The highest BCUT2D eigenvalue weighted by Crippen LogP contribution is 2.23. The van der Waals surface area contributed by atoms with Crippen molar-refractivity contribution in [1.29, 1.82) is 0 Å². The first-order valence-corrected chi connectivity index (χ1v) is 8.28. The molecule has 1 N–H and O–H groups in total. The molecule has 0 saturated carbocycles. The molecule has 124 valence electrons. The Bertz CT molecular complexity index is 582. The van der Waals surface area contributed by atoms with Crippen LogP contribution < -0.4 is 14.8 Å². The second-order valence-electron chi connectivity index (χ2n) is 5.56. The van der Waals surface area contributed by atoms with Gasteiger partial charge in [-0.3, -0.25) is 0 Å². The molecule has 2 aromatic carbocycles. The van der Waals surface area contributed by atoms with Crippen LogP contribution in [0, 0.1) is 0 Å². The maximum absolute atomic E-state index is 5.38. The molecule has 0 amide bonds. The molecular weight excluding hydrogens is 286 g/mol. The Morgan fingerprint density at radius 3 is 2.04 bits per heavy atom. The Morgan fingerprint density at radius 2 is 1.43 bits per heavy atom. The van der Waals surface area contributed by atoms with Crippen molar-refractivity contribution in [2.75, 3.05) is 26.1 Å². The largest absolute Gasteiger partial charge is 0.496 e. The van der Waals surface area contributed by atoms with Crippen LogP contribution in [0.15, 0.2) is 36.4 Å². The van der Waals surface area contributed by atoms with Crippen LogP contribution in [0.3, 0.4) is 0 Å². The molecule has 0 aliphatic rings. The standard InChI is InChI=1S/C20H27NO2/c1-5-16-13-15(7-9-19(16)22-3)11-12-21-18-8-10-20(23-4)17(6-2)14-18/h7-10,13-14,21H,5-6,11-12H2,1-4H3. The summed E-state index contributed by atoms with van der Waals surface area (Å²) < 4.78 is 10.8. The SMILES string of the molecule is CCc1cc(CCNc2ccc(OC)c(CC)c2)ccc1OC. The summed E-state index contributed by atoms with van der Waals surface area (Å²) in [6.07, 6.45) is 2.95. The molecule has 0 radical (unpaired) electrons. The van der Waals surface area contributed by atoms with E-state index in [4.69, 9.17) is 9.47 Å². The zero-order valence-electron chi connectivity index (χ0n) is 14.6. The Morgan fingerprint density at radius 1 is 0.826 bits per heavy atom. The van der Waals surface area contributed by atoms with Crippen molar-refractivity contribution in [2.45, 2.75) is 33.1 Å². The minimum atomic E-state index is 0.908. The van der Waals surface area contributed by atoms with Crippen molar-refractivity contribution >= 4 is 5.69 Å². The van der Waals surface area contributed by atoms with E-state index in [0.717, 1.165) is 43.0 Å². The lowest BCUT2D eigenvalue weighted by Crippen LogP contribution is -2.06. The van der Waals surface area contributed by atoms with Gasteiger partial charge in [-0.2, -0.15) is 0 Å². The number of aryl methyl sites for hydroxylation is 2. The first-order valence-electron chi connectivity index (χ1n) is 8.28. The topological polar surface area (TPSA) is 30.5 Å². The monoisotopic (exact) mass is 313 g/mol. The minimum absolute atomic E-state index is 0.908. The van der Waals surface area contributed by atoms with E-state index in [9.17, 15) is 0 Å². The molecule has 0 atom stereocenters. The summed E-state index contributed by atoms with van der Waals surface area (Å²) in [5.41, 5.74) is 4.98. The molecule has 23 heavy (non-hydrogen) atoms. The summed E-state index contributed by atoms with van der Waals surface area (Å²) in [6.45, 7) is 5.21. The Hall–Kier alpha value is -2.16. The summed E-state index contributed by atoms with van der Waals surface area (Å²) in [5, 5.41) is 3.50. The Kier molecular flexibility index (Phi) is 6.33. The van der Waals surface area contributed by atoms with Crippen LogP contribution in [-0.2, 0) is 19.3 Å². The molecule has 2 aromatic rings. The summed E-state index contributed by atoms with van der Waals surface area (Å²) in [6, 6.07) is 12.7. The van der Waals surface area contributed by atoms with E-state index in [1.165, 1.54) is 16.7 Å². The number of ether oxygens (including phenoxy) is 2. The van der Waals surface area contributed by atoms with Crippen LogP contribution in [0.4, 0.5) is 5.69 Å². The third kappa shape index (κ3) is 4.41. The highest BCUT2D eigenvalue weighted by molar-refractivity contribution is 5.51. The fourth-order valence-electron chi connectivity index (χ4n) is 2.78. The molecule has 0 saturated heterocycles. The van der Waals surface area contributed by atoms with Gasteiger partial charge >= 0.3 is 0 Å². The summed E-state index contributed by atoms with van der Waals surface area (Å²) in [4.78, 5) is 0. The maximum atomic E-state index is 5.38. The van der Waals surface area contributed by atoms with Crippen LogP contribution in [0.25, 0.3) is 0 Å². The molecule has 3 nitrogen and oxygen atoms in total. The van der Waals surface area contributed by atoms with Crippen molar-refractivity contribution in [3.8, 4) is 11.5 Å². The second kappa shape index (κ2) is 8.47. The molecule has 0 heterocycles. The Balaban J connectivity index is 1.97. The zero-order chi connectivity index (χ0) is 16.7. The highest BCUT2D eigenvalue weighted by Gasteiger charge is 2.04. The molecule has 0 aromatic heterocycles. The fraction of sp³-hybridized carbons (Fsp3) is 0.400. The number of nitrogens with one attached hydrogen (secondary N) is 1. The van der Waals surface area contributed by atoms with E-state index >= 15 is 0 Å². The first kappa shape index (κ1) is 17.2. The van der Waals surface area contributed by atoms with Gasteiger partial charge in [0.2, 0.25) is 0 Å². The first-order chi connectivity index (χ1) is 11.2. The lowest BCUT2D eigenvalue weighted by molar-refractivity contribution is 0.410. The van der Waals surface area contributed by atoms with Gasteiger partial charge in [0, 0.05) is 12.2 Å². The molecule has 0 spiro atoms.